The number of fused-ring (bicyclic) bond motifs is 2. The van der Waals surface area contributed by atoms with Crippen LogP contribution in [0.1, 0.15) is 43.9 Å². The van der Waals surface area contributed by atoms with Crippen molar-refractivity contribution in [2.45, 2.75) is 52.1 Å². The highest BCUT2D eigenvalue weighted by atomic mass is 16.6. The molecule has 0 saturated carbocycles. The molecule has 0 aromatic heterocycles. The molecule has 0 saturated heterocycles. The van der Waals surface area contributed by atoms with Gasteiger partial charge in [0.05, 0.1) is 6.61 Å². The smallest absolute Gasteiger partial charge is 0.410 e. The Bertz CT molecular complexity index is 537. The van der Waals surface area contributed by atoms with Crippen molar-refractivity contribution in [3.8, 4) is 5.75 Å². The first-order valence-corrected chi connectivity index (χ1v) is 8.18. The second-order valence-electron chi connectivity index (χ2n) is 7.15. The summed E-state index contributed by atoms with van der Waals surface area (Å²) in [5.74, 6) is 1.04. The number of ether oxygens (including phenoxy) is 2. The molecule has 4 nitrogen and oxygen atoms in total. The standard InChI is InChI=1S/C18H25NO3/c1-18(2,3)22-17(20)19-8-6-13-11-15-5-4-10-21-16(15)12-14(13)7-9-19/h11-12H,4-10H2,1-3H3. The fourth-order valence-corrected chi connectivity index (χ4v) is 3.09. The highest BCUT2D eigenvalue weighted by Crippen LogP contribution is 2.30. The number of amides is 1. The van der Waals surface area contributed by atoms with Gasteiger partial charge in [-0.2, -0.15) is 0 Å². The number of carbonyl (C=O) groups excluding carboxylic acids is 1. The van der Waals surface area contributed by atoms with E-state index in [4.69, 9.17) is 9.47 Å². The van der Waals surface area contributed by atoms with Crippen LogP contribution in [0.5, 0.6) is 5.75 Å². The van der Waals surface area contributed by atoms with Gasteiger partial charge in [-0.25, -0.2) is 4.79 Å². The van der Waals surface area contributed by atoms with E-state index in [1.807, 2.05) is 25.7 Å². The molecule has 2 aliphatic heterocycles. The predicted molar refractivity (Wildman–Crippen MR) is 85.5 cm³/mol. The first kappa shape index (κ1) is 15.2. The molecule has 4 heteroatoms. The lowest BCUT2D eigenvalue weighted by molar-refractivity contribution is 0.0258. The van der Waals surface area contributed by atoms with Crippen LogP contribution in [-0.4, -0.2) is 36.3 Å². The first-order chi connectivity index (χ1) is 10.4. The number of benzene rings is 1. The second kappa shape index (κ2) is 5.82. The van der Waals surface area contributed by atoms with Crippen molar-refractivity contribution in [1.82, 2.24) is 4.90 Å². The molecule has 0 spiro atoms. The summed E-state index contributed by atoms with van der Waals surface area (Å²) in [6.07, 6.45) is 3.74. The van der Waals surface area contributed by atoms with E-state index in [2.05, 4.69) is 12.1 Å². The van der Waals surface area contributed by atoms with Crippen LogP contribution >= 0.6 is 0 Å². The minimum Gasteiger partial charge on any atom is -0.493 e. The number of hydrogen-bond donors (Lipinski definition) is 0. The molecule has 2 heterocycles. The number of aryl methyl sites for hydroxylation is 1. The maximum atomic E-state index is 12.3. The Kier molecular flexibility index (Phi) is 4.02. The van der Waals surface area contributed by atoms with Gasteiger partial charge in [-0.05, 0) is 69.2 Å². The molecular formula is C18H25NO3. The van der Waals surface area contributed by atoms with E-state index in [0.29, 0.717) is 6.54 Å². The molecule has 3 rings (SSSR count). The zero-order valence-electron chi connectivity index (χ0n) is 13.8. The van der Waals surface area contributed by atoms with Crippen molar-refractivity contribution < 1.29 is 14.3 Å². The summed E-state index contributed by atoms with van der Waals surface area (Å²) >= 11 is 0. The minimum atomic E-state index is -0.441. The van der Waals surface area contributed by atoms with E-state index < -0.39 is 5.60 Å². The SMILES string of the molecule is CC(C)(C)OC(=O)N1CCc2cc3c(cc2CC1)OCCC3. The van der Waals surface area contributed by atoms with Crippen LogP contribution in [0.15, 0.2) is 12.1 Å². The van der Waals surface area contributed by atoms with Crippen molar-refractivity contribution in [3.63, 3.8) is 0 Å². The normalized spacial score (nSPS) is 17.9. The summed E-state index contributed by atoms with van der Waals surface area (Å²) in [4.78, 5) is 14.1. The third kappa shape index (κ3) is 3.37. The molecule has 0 radical (unpaired) electrons. The number of rotatable bonds is 0. The Balaban J connectivity index is 1.74. The van der Waals surface area contributed by atoms with Crippen LogP contribution in [0.4, 0.5) is 4.79 Å². The molecule has 0 unspecified atom stereocenters. The Morgan fingerprint density at radius 3 is 2.45 bits per heavy atom. The van der Waals surface area contributed by atoms with Crippen LogP contribution in [0.3, 0.4) is 0 Å². The van der Waals surface area contributed by atoms with Crippen molar-refractivity contribution in [2.24, 2.45) is 0 Å². The number of nitrogens with zero attached hydrogens (tertiary/aromatic N) is 1. The lowest BCUT2D eigenvalue weighted by Gasteiger charge is -2.26. The predicted octanol–water partition coefficient (Wildman–Crippen LogP) is 3.35. The van der Waals surface area contributed by atoms with Crippen LogP contribution in [0.25, 0.3) is 0 Å². The molecule has 1 aromatic carbocycles. The summed E-state index contributed by atoms with van der Waals surface area (Å²) in [6, 6.07) is 4.46. The van der Waals surface area contributed by atoms with Gasteiger partial charge >= 0.3 is 6.09 Å². The number of carbonyl (C=O) groups is 1. The molecular weight excluding hydrogens is 278 g/mol. The zero-order valence-corrected chi connectivity index (χ0v) is 13.8. The summed E-state index contributed by atoms with van der Waals surface area (Å²) in [5, 5.41) is 0. The van der Waals surface area contributed by atoms with Gasteiger partial charge < -0.3 is 14.4 Å². The van der Waals surface area contributed by atoms with Crippen molar-refractivity contribution in [2.75, 3.05) is 19.7 Å². The average molecular weight is 303 g/mol. The molecule has 22 heavy (non-hydrogen) atoms. The van der Waals surface area contributed by atoms with Crippen molar-refractivity contribution in [3.05, 3.63) is 28.8 Å². The van der Waals surface area contributed by atoms with Crippen LogP contribution < -0.4 is 4.74 Å². The number of hydrogen-bond acceptors (Lipinski definition) is 3. The minimum absolute atomic E-state index is 0.207. The van der Waals surface area contributed by atoms with Crippen LogP contribution in [0, 0.1) is 0 Å². The Morgan fingerprint density at radius 2 is 1.77 bits per heavy atom. The molecule has 0 aliphatic carbocycles. The van der Waals surface area contributed by atoms with Gasteiger partial charge in [0.2, 0.25) is 0 Å². The van der Waals surface area contributed by atoms with Gasteiger partial charge in [0.15, 0.2) is 0 Å². The van der Waals surface area contributed by atoms with Crippen molar-refractivity contribution in [1.29, 1.82) is 0 Å². The topological polar surface area (TPSA) is 38.8 Å². The van der Waals surface area contributed by atoms with E-state index in [1.165, 1.54) is 16.7 Å². The maximum absolute atomic E-state index is 12.3. The lowest BCUT2D eigenvalue weighted by atomic mass is 9.96. The Morgan fingerprint density at radius 1 is 1.09 bits per heavy atom. The molecule has 0 N–H and O–H groups in total. The first-order valence-electron chi connectivity index (χ1n) is 8.18. The zero-order chi connectivity index (χ0) is 15.7. The van der Waals surface area contributed by atoms with E-state index in [9.17, 15) is 4.79 Å². The fourth-order valence-electron chi connectivity index (χ4n) is 3.09. The molecule has 120 valence electrons. The Labute approximate surface area is 132 Å². The van der Waals surface area contributed by atoms with E-state index in [0.717, 1.165) is 44.6 Å². The largest absolute Gasteiger partial charge is 0.493 e. The maximum Gasteiger partial charge on any atom is 0.410 e. The molecule has 2 aliphatic rings. The van der Waals surface area contributed by atoms with Crippen LogP contribution in [-0.2, 0) is 24.0 Å². The Hall–Kier alpha value is -1.71. The van der Waals surface area contributed by atoms with Crippen LogP contribution in [0.2, 0.25) is 0 Å². The third-order valence-corrected chi connectivity index (χ3v) is 4.18. The van der Waals surface area contributed by atoms with E-state index in [1.54, 1.807) is 0 Å². The molecule has 0 atom stereocenters. The second-order valence-corrected chi connectivity index (χ2v) is 7.15. The molecule has 0 fully saturated rings. The quantitative estimate of drug-likeness (QED) is 0.738. The molecule has 1 aromatic rings. The highest BCUT2D eigenvalue weighted by molar-refractivity contribution is 5.68. The average Bonchev–Trinajstić information content (AvgIpc) is 2.65. The highest BCUT2D eigenvalue weighted by Gasteiger charge is 2.25. The molecule has 0 bridgehead atoms. The summed E-state index contributed by atoms with van der Waals surface area (Å²) in [6.45, 7) is 7.96. The summed E-state index contributed by atoms with van der Waals surface area (Å²) in [5.41, 5.74) is 3.54. The molecule has 1 amide bonds. The summed E-state index contributed by atoms with van der Waals surface area (Å²) in [7, 11) is 0. The van der Waals surface area contributed by atoms with Gasteiger partial charge in [0.1, 0.15) is 11.4 Å². The van der Waals surface area contributed by atoms with Crippen molar-refractivity contribution >= 4 is 6.09 Å². The monoisotopic (exact) mass is 303 g/mol. The lowest BCUT2D eigenvalue weighted by Crippen LogP contribution is -2.38. The van der Waals surface area contributed by atoms with Gasteiger partial charge in [0, 0.05) is 13.1 Å². The summed E-state index contributed by atoms with van der Waals surface area (Å²) < 4.78 is 11.3. The van der Waals surface area contributed by atoms with Gasteiger partial charge in [0.25, 0.3) is 0 Å². The fraction of sp³-hybridized carbons (Fsp3) is 0.611. The van der Waals surface area contributed by atoms with Gasteiger partial charge in [-0.3, -0.25) is 0 Å². The van der Waals surface area contributed by atoms with Gasteiger partial charge in [-0.15, -0.1) is 0 Å². The third-order valence-electron chi connectivity index (χ3n) is 4.18. The van der Waals surface area contributed by atoms with Gasteiger partial charge in [-0.1, -0.05) is 6.07 Å². The van der Waals surface area contributed by atoms with E-state index >= 15 is 0 Å². The van der Waals surface area contributed by atoms with E-state index in [-0.39, 0.29) is 6.09 Å².